The second-order valence-electron chi connectivity index (χ2n) is 8.83. The summed E-state index contributed by atoms with van der Waals surface area (Å²) in [6.45, 7) is 16.8. The second kappa shape index (κ2) is 9.78. The van der Waals surface area contributed by atoms with Crippen molar-refractivity contribution in [2.75, 3.05) is 0 Å². The van der Waals surface area contributed by atoms with E-state index in [0.717, 1.165) is 28.5 Å². The molecule has 0 radical (unpaired) electrons. The summed E-state index contributed by atoms with van der Waals surface area (Å²) in [7, 11) is -1.63. The van der Waals surface area contributed by atoms with Crippen LogP contribution in [-0.4, -0.2) is 19.0 Å². The van der Waals surface area contributed by atoms with E-state index in [0.29, 0.717) is 0 Å². The van der Waals surface area contributed by atoms with Gasteiger partial charge in [-0.25, -0.2) is 0 Å². The Labute approximate surface area is 184 Å². The molecule has 1 aromatic carbocycles. The summed E-state index contributed by atoms with van der Waals surface area (Å²) in [4.78, 5) is 6.89. The van der Waals surface area contributed by atoms with Crippen molar-refractivity contribution in [3.8, 4) is 0 Å². The summed E-state index contributed by atoms with van der Waals surface area (Å²) < 4.78 is 0. The number of thioether (sulfide) groups is 1. The molecule has 0 bridgehead atoms. The van der Waals surface area contributed by atoms with E-state index in [1.54, 1.807) is 5.56 Å². The second-order valence-corrected chi connectivity index (χ2v) is 14.2. The molecule has 0 amide bonds. The summed E-state index contributed by atoms with van der Waals surface area (Å²) in [5.74, 6) is 2.29. The number of nitrogens with zero attached hydrogens (tertiary/aromatic N) is 1. The molecule has 1 nitrogen and oxygen atoms in total. The maximum Gasteiger partial charge on any atom is 4.00 e. The average Bonchev–Trinajstić information content (AvgIpc) is 2.83. The zero-order valence-electron chi connectivity index (χ0n) is 18.6. The first-order valence-electron chi connectivity index (χ1n) is 8.61. The third-order valence-corrected chi connectivity index (χ3v) is 11.1. The largest absolute Gasteiger partial charge is 4.00 e. The van der Waals surface area contributed by atoms with Gasteiger partial charge in [0.15, 0.2) is 0 Å². The van der Waals surface area contributed by atoms with Crippen LogP contribution in [0.3, 0.4) is 0 Å². The van der Waals surface area contributed by atoms with Crippen molar-refractivity contribution in [1.29, 1.82) is 0 Å². The Morgan fingerprint density at radius 3 is 2.04 bits per heavy atom. The first-order chi connectivity index (χ1) is 10.1. The van der Waals surface area contributed by atoms with Gasteiger partial charge in [-0.1, -0.05) is 74.1 Å². The monoisotopic (exact) mass is 425 g/mol. The summed E-state index contributed by atoms with van der Waals surface area (Å²) in [6, 6.07) is 9.10. The number of hydrogen-bond acceptors (Lipinski definition) is 1. The molecule has 3 rings (SSSR count). The topological polar surface area (TPSA) is 14.1 Å². The minimum Gasteiger partial charge on any atom is -0.660 e. The van der Waals surface area contributed by atoms with E-state index in [-0.39, 0.29) is 49.5 Å². The summed E-state index contributed by atoms with van der Waals surface area (Å²) in [6.07, 6.45) is 0. The van der Waals surface area contributed by atoms with Gasteiger partial charge in [-0.3, -0.25) is 0 Å². The minimum atomic E-state index is -1.63. The number of fused-ring (bicyclic) bond motifs is 3. The van der Waals surface area contributed by atoms with Crippen LogP contribution < -0.4 is 0 Å². The van der Waals surface area contributed by atoms with Crippen molar-refractivity contribution in [3.63, 3.8) is 0 Å². The van der Waals surface area contributed by atoms with Crippen LogP contribution in [0.4, 0.5) is 0 Å². The molecule has 0 aromatic heterocycles. The summed E-state index contributed by atoms with van der Waals surface area (Å²) in [5, 5.41) is 0.746. The predicted molar refractivity (Wildman–Crippen MR) is 121 cm³/mol. The van der Waals surface area contributed by atoms with Crippen LogP contribution in [-0.2, 0) is 21.7 Å². The van der Waals surface area contributed by atoms with Gasteiger partial charge in [0.05, 0.1) is 0 Å². The van der Waals surface area contributed by atoms with Crippen molar-refractivity contribution in [2.24, 2.45) is 11.8 Å². The van der Waals surface area contributed by atoms with Gasteiger partial charge in [-0.05, 0) is 34.9 Å². The van der Waals surface area contributed by atoms with Crippen LogP contribution in [0, 0.1) is 34.1 Å². The van der Waals surface area contributed by atoms with E-state index in [9.17, 15) is 0 Å². The Hall–Kier alpha value is 0.461. The standard InChI is InChI=1S/C19H30NSSi.3CH3.Ti/c1-12-13(2)18(22(6,7)20-19(3,4)5)17-16(12)14-10-8-9-11-15(14)21-17;;;;/h8-13,16-18H,1-7H3;3*1H3;/q4*-1;+4. The predicted octanol–water partition coefficient (Wildman–Crippen LogP) is 7.63. The van der Waals surface area contributed by atoms with Gasteiger partial charge < -0.3 is 27.3 Å². The SMILES string of the molecule is CC1C(C)C([Si](C)(C)[N-]C(C)(C)C)C2Sc3ccccc3C12.[CH3-].[CH3-].[CH3-].[Ti+4]. The molecule has 1 fully saturated rings. The van der Waals surface area contributed by atoms with Crippen molar-refractivity contribution in [3.05, 3.63) is 57.1 Å². The maximum absolute atomic E-state index is 5.36. The van der Waals surface area contributed by atoms with Gasteiger partial charge in [0, 0.05) is 10.1 Å². The van der Waals surface area contributed by atoms with Gasteiger partial charge >= 0.3 is 21.7 Å². The van der Waals surface area contributed by atoms with Gasteiger partial charge in [-0.2, -0.15) is 0 Å². The van der Waals surface area contributed by atoms with Crippen LogP contribution in [0.15, 0.2) is 29.2 Å². The maximum atomic E-state index is 5.36. The van der Waals surface area contributed by atoms with Gasteiger partial charge in [0.2, 0.25) is 0 Å². The number of benzene rings is 1. The van der Waals surface area contributed by atoms with Crippen molar-refractivity contribution in [1.82, 2.24) is 0 Å². The molecule has 0 saturated heterocycles. The van der Waals surface area contributed by atoms with Crippen molar-refractivity contribution in [2.45, 2.75) is 74.9 Å². The molecule has 0 N–H and O–H groups in total. The Kier molecular flexibility index (Phi) is 10.8. The molecule has 146 valence electrons. The molecule has 4 heteroatoms. The molecule has 1 aromatic rings. The van der Waals surface area contributed by atoms with E-state index in [1.165, 1.54) is 4.90 Å². The third kappa shape index (κ3) is 5.08. The molecule has 0 spiro atoms. The quantitative estimate of drug-likeness (QED) is 0.351. The summed E-state index contributed by atoms with van der Waals surface area (Å²) in [5.41, 5.74) is 2.48. The van der Waals surface area contributed by atoms with Crippen LogP contribution in [0.2, 0.25) is 18.6 Å². The molecule has 1 saturated carbocycles. The number of rotatable bonds is 2. The van der Waals surface area contributed by atoms with Gasteiger partial charge in [0.1, 0.15) is 0 Å². The molecule has 2 aliphatic rings. The fourth-order valence-corrected chi connectivity index (χ4v) is 12.5. The van der Waals surface area contributed by atoms with Gasteiger partial charge in [-0.15, -0.1) is 17.3 Å². The molecule has 1 heterocycles. The van der Waals surface area contributed by atoms with Crippen LogP contribution in [0.1, 0.15) is 46.1 Å². The molecular formula is C22H39NSSiTi. The smallest absolute Gasteiger partial charge is 0.660 e. The van der Waals surface area contributed by atoms with E-state index in [1.807, 2.05) is 0 Å². The minimum absolute atomic E-state index is 0. The van der Waals surface area contributed by atoms with Crippen LogP contribution >= 0.6 is 11.8 Å². The fourth-order valence-electron chi connectivity index (χ4n) is 5.08. The van der Waals surface area contributed by atoms with Crippen molar-refractivity contribution >= 4 is 20.0 Å². The molecule has 5 atom stereocenters. The van der Waals surface area contributed by atoms with Crippen LogP contribution in [0.5, 0.6) is 0 Å². The molecule has 1 aliphatic carbocycles. The van der Waals surface area contributed by atoms with E-state index in [4.69, 9.17) is 4.98 Å². The molecule has 5 unspecified atom stereocenters. The van der Waals surface area contributed by atoms with Gasteiger partial charge in [0.25, 0.3) is 0 Å². The van der Waals surface area contributed by atoms with Crippen LogP contribution in [0.25, 0.3) is 4.98 Å². The number of hydrogen-bond donors (Lipinski definition) is 0. The summed E-state index contributed by atoms with van der Waals surface area (Å²) >= 11 is 2.15. The van der Waals surface area contributed by atoms with Crippen molar-refractivity contribution < 1.29 is 21.7 Å². The Balaban J connectivity index is 0. The third-order valence-electron chi connectivity index (χ3n) is 5.65. The zero-order chi connectivity index (χ0) is 16.3. The average molecular weight is 426 g/mol. The van der Waals surface area contributed by atoms with E-state index in [2.05, 4.69) is 83.7 Å². The Morgan fingerprint density at radius 1 is 0.962 bits per heavy atom. The molecular weight excluding hydrogens is 386 g/mol. The first kappa shape index (κ1) is 28.7. The Morgan fingerprint density at radius 2 is 1.50 bits per heavy atom. The molecule has 26 heavy (non-hydrogen) atoms. The first-order valence-corrected chi connectivity index (χ1v) is 12.5. The Bertz CT molecular complexity index is 570. The van der Waals surface area contributed by atoms with E-state index >= 15 is 0 Å². The fraction of sp³-hybridized carbons (Fsp3) is 0.591. The normalized spacial score (nSPS) is 29.3. The van der Waals surface area contributed by atoms with E-state index < -0.39 is 8.24 Å². The molecule has 1 aliphatic heterocycles. The zero-order valence-corrected chi connectivity index (χ0v) is 21.9.